The zero-order chi connectivity index (χ0) is 19.0. The van der Waals surface area contributed by atoms with Crippen LogP contribution in [0.4, 0.5) is 0 Å². The van der Waals surface area contributed by atoms with Crippen molar-refractivity contribution < 1.29 is 14.4 Å². The predicted molar refractivity (Wildman–Crippen MR) is 102 cm³/mol. The van der Waals surface area contributed by atoms with E-state index in [1.165, 1.54) is 19.3 Å². The van der Waals surface area contributed by atoms with Crippen molar-refractivity contribution in [1.82, 2.24) is 15.1 Å². The second-order valence-corrected chi connectivity index (χ2v) is 9.44. The molecule has 1 heterocycles. The molecule has 4 aliphatic carbocycles. The maximum Gasteiger partial charge on any atom is 0.226 e. The molecule has 1 aliphatic heterocycles. The first kappa shape index (κ1) is 18.8. The van der Waals surface area contributed by atoms with Gasteiger partial charge in [-0.2, -0.15) is 0 Å². The van der Waals surface area contributed by atoms with Crippen LogP contribution in [0.1, 0.15) is 58.3 Å². The Bertz CT molecular complexity index is 583. The van der Waals surface area contributed by atoms with Crippen LogP contribution < -0.4 is 5.32 Å². The van der Waals surface area contributed by atoms with Crippen LogP contribution in [0.5, 0.6) is 0 Å². The van der Waals surface area contributed by atoms with Crippen LogP contribution >= 0.6 is 0 Å². The van der Waals surface area contributed by atoms with Crippen molar-refractivity contribution >= 4 is 17.7 Å². The van der Waals surface area contributed by atoms with E-state index < -0.39 is 0 Å². The van der Waals surface area contributed by atoms with Gasteiger partial charge in [0, 0.05) is 51.5 Å². The maximum atomic E-state index is 12.9. The molecule has 4 saturated carbocycles. The monoisotopic (exact) mass is 375 g/mol. The summed E-state index contributed by atoms with van der Waals surface area (Å²) in [6, 6.07) is 0. The topological polar surface area (TPSA) is 69.7 Å². The summed E-state index contributed by atoms with van der Waals surface area (Å²) in [7, 11) is 0. The Hall–Kier alpha value is -1.59. The van der Waals surface area contributed by atoms with E-state index in [-0.39, 0.29) is 23.1 Å². The van der Waals surface area contributed by atoms with Gasteiger partial charge in [0.2, 0.25) is 17.7 Å². The molecule has 3 amide bonds. The van der Waals surface area contributed by atoms with Crippen LogP contribution in [0, 0.1) is 23.2 Å². The van der Waals surface area contributed by atoms with Gasteiger partial charge in [-0.15, -0.1) is 0 Å². The van der Waals surface area contributed by atoms with Crippen LogP contribution in [0.3, 0.4) is 0 Å². The van der Waals surface area contributed by atoms with E-state index in [1.807, 2.05) is 9.80 Å². The summed E-state index contributed by atoms with van der Waals surface area (Å²) in [5, 5.41) is 3.10. The van der Waals surface area contributed by atoms with Gasteiger partial charge in [-0.25, -0.2) is 0 Å². The van der Waals surface area contributed by atoms with Crippen LogP contribution in [-0.4, -0.2) is 60.2 Å². The molecule has 6 nitrogen and oxygen atoms in total. The lowest BCUT2D eigenvalue weighted by Crippen LogP contribution is -2.53. The van der Waals surface area contributed by atoms with Gasteiger partial charge in [-0.3, -0.25) is 14.4 Å². The van der Waals surface area contributed by atoms with Gasteiger partial charge in [-0.1, -0.05) is 0 Å². The fourth-order valence-corrected chi connectivity index (χ4v) is 6.50. The third kappa shape index (κ3) is 3.85. The third-order valence-electron chi connectivity index (χ3n) is 7.44. The van der Waals surface area contributed by atoms with Gasteiger partial charge in [0.1, 0.15) is 0 Å². The number of amides is 3. The molecule has 0 radical (unpaired) electrons. The molecule has 0 atom stereocenters. The Morgan fingerprint density at radius 2 is 1.44 bits per heavy atom. The molecular weight excluding hydrogens is 342 g/mol. The fourth-order valence-electron chi connectivity index (χ4n) is 6.50. The smallest absolute Gasteiger partial charge is 0.226 e. The van der Waals surface area contributed by atoms with E-state index in [1.54, 1.807) is 6.92 Å². The Balaban J connectivity index is 1.24. The number of carbonyl (C=O) groups is 3. The minimum atomic E-state index is -0.137. The van der Waals surface area contributed by atoms with Crippen molar-refractivity contribution in [3.63, 3.8) is 0 Å². The first-order valence-electron chi connectivity index (χ1n) is 10.8. The summed E-state index contributed by atoms with van der Waals surface area (Å²) in [5.41, 5.74) is -0.137. The van der Waals surface area contributed by atoms with E-state index in [9.17, 15) is 14.4 Å². The van der Waals surface area contributed by atoms with Crippen LogP contribution in [0.2, 0.25) is 0 Å². The van der Waals surface area contributed by atoms with Crippen LogP contribution in [0.25, 0.3) is 0 Å². The van der Waals surface area contributed by atoms with Crippen molar-refractivity contribution in [3.8, 4) is 0 Å². The molecule has 27 heavy (non-hydrogen) atoms. The van der Waals surface area contributed by atoms with Gasteiger partial charge in [0.25, 0.3) is 0 Å². The quantitative estimate of drug-likeness (QED) is 0.814. The molecule has 150 valence electrons. The first-order valence-corrected chi connectivity index (χ1v) is 10.8. The van der Waals surface area contributed by atoms with Crippen molar-refractivity contribution in [2.24, 2.45) is 23.2 Å². The van der Waals surface area contributed by atoms with Crippen molar-refractivity contribution in [1.29, 1.82) is 0 Å². The molecule has 5 fully saturated rings. The minimum Gasteiger partial charge on any atom is -0.355 e. The third-order valence-corrected chi connectivity index (χ3v) is 7.44. The van der Waals surface area contributed by atoms with E-state index >= 15 is 0 Å². The van der Waals surface area contributed by atoms with Gasteiger partial charge >= 0.3 is 0 Å². The molecule has 0 aromatic rings. The zero-order valence-electron chi connectivity index (χ0n) is 16.5. The molecule has 0 spiro atoms. The van der Waals surface area contributed by atoms with Crippen molar-refractivity contribution in [2.45, 2.75) is 58.3 Å². The summed E-state index contributed by atoms with van der Waals surface area (Å²) >= 11 is 0. The number of nitrogens with zero attached hydrogens (tertiary/aromatic N) is 2. The summed E-state index contributed by atoms with van der Waals surface area (Å²) in [6.07, 6.45) is 8.36. The molecular formula is C21H33N3O3. The molecule has 5 aliphatic rings. The van der Waals surface area contributed by atoms with Gasteiger partial charge in [0.15, 0.2) is 0 Å². The van der Waals surface area contributed by atoms with Crippen LogP contribution in [0.15, 0.2) is 0 Å². The molecule has 0 aromatic carbocycles. The lowest BCUT2D eigenvalue weighted by atomic mass is 9.49. The first-order chi connectivity index (χ1) is 12.9. The summed E-state index contributed by atoms with van der Waals surface area (Å²) in [4.78, 5) is 40.6. The molecule has 5 rings (SSSR count). The fraction of sp³-hybridized carbons (Fsp3) is 0.857. The van der Waals surface area contributed by atoms with E-state index in [0.717, 1.165) is 50.0 Å². The second kappa shape index (κ2) is 7.44. The molecule has 0 unspecified atom stereocenters. The lowest BCUT2D eigenvalue weighted by Gasteiger charge is -2.55. The van der Waals surface area contributed by atoms with E-state index in [2.05, 4.69) is 5.32 Å². The van der Waals surface area contributed by atoms with Crippen molar-refractivity contribution in [3.05, 3.63) is 0 Å². The zero-order valence-corrected chi connectivity index (χ0v) is 16.5. The number of rotatable bonds is 4. The minimum absolute atomic E-state index is 0.0761. The van der Waals surface area contributed by atoms with Gasteiger partial charge < -0.3 is 15.1 Å². The molecule has 1 saturated heterocycles. The van der Waals surface area contributed by atoms with Crippen LogP contribution in [-0.2, 0) is 14.4 Å². The second-order valence-electron chi connectivity index (χ2n) is 9.44. The highest BCUT2D eigenvalue weighted by atomic mass is 16.2. The number of carbonyl (C=O) groups excluding carboxylic acids is 3. The summed E-state index contributed by atoms with van der Waals surface area (Å²) < 4.78 is 0. The highest BCUT2D eigenvalue weighted by Crippen LogP contribution is 2.60. The molecule has 4 bridgehead atoms. The maximum absolute atomic E-state index is 12.9. The van der Waals surface area contributed by atoms with Gasteiger partial charge in [-0.05, 0) is 62.7 Å². The van der Waals surface area contributed by atoms with Crippen molar-refractivity contribution in [2.75, 3.05) is 32.7 Å². The number of hydrogen-bond acceptors (Lipinski definition) is 3. The highest BCUT2D eigenvalue weighted by molar-refractivity contribution is 5.84. The summed E-state index contributed by atoms with van der Waals surface area (Å²) in [6.45, 7) is 4.65. The lowest BCUT2D eigenvalue weighted by molar-refractivity contribution is -0.146. The summed E-state index contributed by atoms with van der Waals surface area (Å²) in [5.74, 6) is 2.63. The normalized spacial score (nSPS) is 35.1. The van der Waals surface area contributed by atoms with E-state index in [0.29, 0.717) is 32.6 Å². The largest absolute Gasteiger partial charge is 0.355 e. The number of hydrogen-bond donors (Lipinski definition) is 1. The average Bonchev–Trinajstić information content (AvgIpc) is 2.86. The molecule has 1 N–H and O–H groups in total. The highest BCUT2D eigenvalue weighted by Gasteiger charge is 2.54. The standard InChI is InChI=1S/C21H33N3O3/c1-15(25)23-5-2-6-24(8-7-23)19(26)3-4-22-20(27)21-12-16-9-17(13-21)11-18(10-16)14-21/h16-18H,2-14H2,1H3,(H,22,27). The molecule has 6 heteroatoms. The van der Waals surface area contributed by atoms with E-state index in [4.69, 9.17) is 0 Å². The predicted octanol–water partition coefficient (Wildman–Crippen LogP) is 1.79. The molecule has 0 aromatic heterocycles. The average molecular weight is 376 g/mol. The number of nitrogens with one attached hydrogen (secondary N) is 1. The Labute approximate surface area is 162 Å². The SMILES string of the molecule is CC(=O)N1CCCN(C(=O)CCNC(=O)C23CC4CC(CC(C4)C2)C3)CC1. The van der Waals surface area contributed by atoms with Gasteiger partial charge in [0.05, 0.1) is 0 Å². The Morgan fingerprint density at radius 1 is 0.889 bits per heavy atom. The Kier molecular flexibility index (Phi) is 5.17. The Morgan fingerprint density at radius 3 is 2.04 bits per heavy atom.